The number of nitrogens with zero attached hydrogens (tertiary/aromatic N) is 6. The Kier molecular flexibility index (Phi) is 10.4. The second-order valence-corrected chi connectivity index (χ2v) is 13.9. The van der Waals surface area contributed by atoms with Crippen LogP contribution in [0.4, 0.5) is 34.5 Å². The molecule has 0 radical (unpaired) electrons. The van der Waals surface area contributed by atoms with Crippen LogP contribution in [-0.4, -0.2) is 108 Å². The van der Waals surface area contributed by atoms with Crippen LogP contribution in [0, 0.1) is 0 Å². The number of piperidine rings is 1. The third kappa shape index (κ3) is 7.32. The van der Waals surface area contributed by atoms with Gasteiger partial charge < -0.3 is 34.6 Å². The predicted molar refractivity (Wildman–Crippen MR) is 189 cm³/mol. The summed E-state index contributed by atoms with van der Waals surface area (Å²) in [5, 5.41) is 6.61. The molecule has 13 nitrogen and oxygen atoms in total. The van der Waals surface area contributed by atoms with Crippen LogP contribution in [0.2, 0.25) is 0 Å². The monoisotopic (exact) mass is 730 g/mol. The molecule has 0 amide bonds. The lowest BCUT2D eigenvalue weighted by molar-refractivity contribution is 0.0982. The molecular formula is C32H43BrN8O5S. The molecule has 0 spiro atoms. The van der Waals surface area contributed by atoms with E-state index in [1.54, 1.807) is 25.4 Å². The minimum atomic E-state index is -2.94. The van der Waals surface area contributed by atoms with Crippen LogP contribution in [0.25, 0.3) is 0 Å². The van der Waals surface area contributed by atoms with Gasteiger partial charge in [-0.15, -0.1) is 0 Å². The fourth-order valence-electron chi connectivity index (χ4n) is 6.48. The minimum absolute atomic E-state index is 0.313. The maximum atomic E-state index is 12.0. The van der Waals surface area contributed by atoms with Crippen LogP contribution >= 0.6 is 15.9 Å². The van der Waals surface area contributed by atoms with E-state index in [1.165, 1.54) is 18.3 Å². The molecule has 0 saturated carbocycles. The zero-order valence-corrected chi connectivity index (χ0v) is 29.8. The lowest BCUT2D eigenvalue weighted by Crippen LogP contribution is -2.52. The Morgan fingerprint density at radius 3 is 2.49 bits per heavy atom. The molecule has 0 bridgehead atoms. The standard InChI is InChI=1S/C32H43BrN8O5S/c1-5-21-18-25(28(44-4)19-26(21)41-10-8-22(9-11-41)40-14-12-38(2)13-15-40)36-32-34-20-23(33)31(37-32)35-24-6-7-27-30(46-17-16-45-27)29(24)39(3)47(42)43/h6-7,18-20,22,47H,5,8-17H2,1-4H3,(H2,34,35,36,37). The predicted octanol–water partition coefficient (Wildman–Crippen LogP) is 4.25. The molecule has 0 unspecified atom stereocenters. The third-order valence-electron chi connectivity index (χ3n) is 9.14. The number of benzene rings is 2. The fraction of sp³-hybridized carbons (Fsp3) is 0.500. The highest BCUT2D eigenvalue weighted by atomic mass is 79.9. The molecule has 15 heteroatoms. The molecule has 3 aliphatic heterocycles. The average Bonchev–Trinajstić information content (AvgIpc) is 3.09. The number of piperazine rings is 1. The molecule has 2 N–H and O–H groups in total. The van der Waals surface area contributed by atoms with Crippen molar-refractivity contribution in [3.63, 3.8) is 0 Å². The zero-order chi connectivity index (χ0) is 33.1. The molecule has 2 saturated heterocycles. The van der Waals surface area contributed by atoms with Gasteiger partial charge in [0.05, 0.1) is 23.0 Å². The topological polar surface area (TPSA) is 125 Å². The molecule has 2 fully saturated rings. The SMILES string of the molecule is CCc1cc(Nc2ncc(Br)c(Nc3ccc4c(c3N(C)[SH](=O)=O)OCCO4)n2)c(OC)cc1N1CCC(N2CCN(C)CC2)CC1. The Balaban J connectivity index is 1.22. The molecular weight excluding hydrogens is 688 g/mol. The van der Waals surface area contributed by atoms with Gasteiger partial charge >= 0.3 is 0 Å². The quantitative estimate of drug-likeness (QED) is 0.259. The highest BCUT2D eigenvalue weighted by Crippen LogP contribution is 2.46. The molecule has 0 aliphatic carbocycles. The number of aryl methyl sites for hydroxylation is 1. The lowest BCUT2D eigenvalue weighted by Gasteiger charge is -2.43. The van der Waals surface area contributed by atoms with E-state index >= 15 is 0 Å². The van der Waals surface area contributed by atoms with Gasteiger partial charge in [-0.05, 0) is 66.0 Å². The van der Waals surface area contributed by atoms with E-state index in [-0.39, 0.29) is 0 Å². The zero-order valence-electron chi connectivity index (χ0n) is 27.3. The van der Waals surface area contributed by atoms with Gasteiger partial charge in [0.15, 0.2) is 11.5 Å². The third-order valence-corrected chi connectivity index (χ3v) is 10.4. The van der Waals surface area contributed by atoms with Gasteiger partial charge in [-0.3, -0.25) is 9.21 Å². The van der Waals surface area contributed by atoms with Crippen LogP contribution in [0.1, 0.15) is 25.3 Å². The molecule has 6 rings (SSSR count). The van der Waals surface area contributed by atoms with Crippen molar-refractivity contribution >= 4 is 61.3 Å². The fourth-order valence-corrected chi connectivity index (χ4v) is 7.14. The number of likely N-dealkylation sites (N-methyl/N-ethyl adjacent to an activating group) is 1. The van der Waals surface area contributed by atoms with E-state index in [0.29, 0.717) is 64.1 Å². The van der Waals surface area contributed by atoms with E-state index in [2.05, 4.69) is 72.4 Å². The van der Waals surface area contributed by atoms with Crippen molar-refractivity contribution in [1.29, 1.82) is 0 Å². The minimum Gasteiger partial charge on any atom is -0.494 e. The first kappa shape index (κ1) is 33.4. The van der Waals surface area contributed by atoms with Crippen LogP contribution in [-0.2, 0) is 17.3 Å². The number of rotatable bonds is 10. The number of fused-ring (bicyclic) bond motifs is 1. The normalized spacial score (nSPS) is 17.5. The van der Waals surface area contributed by atoms with Gasteiger partial charge in [0.25, 0.3) is 0 Å². The summed E-state index contributed by atoms with van der Waals surface area (Å²) in [6, 6.07) is 8.37. The molecule has 4 heterocycles. The summed E-state index contributed by atoms with van der Waals surface area (Å²) in [6.07, 6.45) is 4.82. The van der Waals surface area contributed by atoms with E-state index in [9.17, 15) is 8.42 Å². The summed E-state index contributed by atoms with van der Waals surface area (Å²) in [6.45, 7) is 9.50. The van der Waals surface area contributed by atoms with Crippen LogP contribution in [0.3, 0.4) is 0 Å². The van der Waals surface area contributed by atoms with Crippen LogP contribution < -0.4 is 34.0 Å². The Bertz CT molecular complexity index is 1650. The number of methoxy groups -OCH3 is 1. The van der Waals surface area contributed by atoms with Crippen molar-refractivity contribution < 1.29 is 22.6 Å². The number of anilines is 6. The van der Waals surface area contributed by atoms with E-state index in [1.807, 2.05) is 0 Å². The smallest absolute Gasteiger partial charge is 0.229 e. The van der Waals surface area contributed by atoms with E-state index < -0.39 is 10.9 Å². The summed E-state index contributed by atoms with van der Waals surface area (Å²) in [5.41, 5.74) is 4.00. The number of hydrogen-bond donors (Lipinski definition) is 3. The molecule has 254 valence electrons. The summed E-state index contributed by atoms with van der Waals surface area (Å²) in [4.78, 5) is 16.8. The van der Waals surface area contributed by atoms with Crippen molar-refractivity contribution in [2.24, 2.45) is 0 Å². The van der Waals surface area contributed by atoms with Gasteiger partial charge in [0.1, 0.15) is 30.5 Å². The molecule has 2 aromatic carbocycles. The van der Waals surface area contributed by atoms with Gasteiger partial charge in [-0.2, -0.15) is 4.98 Å². The van der Waals surface area contributed by atoms with Crippen LogP contribution in [0.5, 0.6) is 17.2 Å². The summed E-state index contributed by atoms with van der Waals surface area (Å²) in [7, 11) is 2.40. The maximum absolute atomic E-state index is 12.0. The van der Waals surface area contributed by atoms with Crippen molar-refractivity contribution in [2.75, 3.05) is 93.5 Å². The molecule has 0 atom stereocenters. The van der Waals surface area contributed by atoms with Gasteiger partial charge in [-0.1, -0.05) is 6.92 Å². The van der Waals surface area contributed by atoms with Gasteiger partial charge in [0, 0.05) is 70.3 Å². The van der Waals surface area contributed by atoms with Crippen molar-refractivity contribution in [2.45, 2.75) is 32.2 Å². The average molecular weight is 732 g/mol. The number of ether oxygens (including phenoxy) is 3. The molecule has 47 heavy (non-hydrogen) atoms. The first-order valence-electron chi connectivity index (χ1n) is 16.0. The van der Waals surface area contributed by atoms with Gasteiger partial charge in [0.2, 0.25) is 16.8 Å². The first-order valence-corrected chi connectivity index (χ1v) is 17.9. The largest absolute Gasteiger partial charge is 0.494 e. The van der Waals surface area contributed by atoms with Gasteiger partial charge in [-0.25, -0.2) is 13.4 Å². The number of aromatic nitrogens is 2. The first-order chi connectivity index (χ1) is 22.7. The van der Waals surface area contributed by atoms with Crippen molar-refractivity contribution in [1.82, 2.24) is 19.8 Å². The Morgan fingerprint density at radius 2 is 1.79 bits per heavy atom. The summed E-state index contributed by atoms with van der Waals surface area (Å²) in [5.74, 6) is 2.32. The van der Waals surface area contributed by atoms with Crippen molar-refractivity contribution in [3.05, 3.63) is 40.5 Å². The number of thiol groups is 1. The lowest BCUT2D eigenvalue weighted by atomic mass is 9.99. The summed E-state index contributed by atoms with van der Waals surface area (Å²) >= 11 is 3.54. The van der Waals surface area contributed by atoms with Crippen molar-refractivity contribution in [3.8, 4) is 17.2 Å². The Hall–Kier alpha value is -3.53. The molecule has 1 aromatic heterocycles. The number of nitrogens with one attached hydrogen (secondary N) is 2. The number of halogens is 1. The Labute approximate surface area is 286 Å². The summed E-state index contributed by atoms with van der Waals surface area (Å²) < 4.78 is 43.1. The molecule has 3 aliphatic rings. The second-order valence-electron chi connectivity index (χ2n) is 12.0. The highest BCUT2D eigenvalue weighted by Gasteiger charge is 2.28. The van der Waals surface area contributed by atoms with Crippen LogP contribution in [0.15, 0.2) is 34.9 Å². The van der Waals surface area contributed by atoms with E-state index in [4.69, 9.17) is 19.2 Å². The molecule has 3 aromatic rings. The Morgan fingerprint density at radius 1 is 1.04 bits per heavy atom. The highest BCUT2D eigenvalue weighted by molar-refractivity contribution is 9.10. The second kappa shape index (κ2) is 14.7. The number of hydrogen-bond acceptors (Lipinski definition) is 12. The van der Waals surface area contributed by atoms with E-state index in [0.717, 1.165) is 68.5 Å². The maximum Gasteiger partial charge on any atom is 0.229 e.